The van der Waals surface area contributed by atoms with Gasteiger partial charge >= 0.3 is 0 Å². The van der Waals surface area contributed by atoms with Crippen LogP contribution in [-0.2, 0) is 0 Å². The van der Waals surface area contributed by atoms with Crippen molar-refractivity contribution in [3.8, 4) is 0 Å². The fraction of sp³-hybridized carbons (Fsp3) is 0.385. The number of H-pyrrole nitrogens is 1. The van der Waals surface area contributed by atoms with Gasteiger partial charge in [0.1, 0.15) is 5.69 Å². The number of nitro groups is 1. The number of aliphatic hydroxyl groups excluding tert-OH is 1. The van der Waals surface area contributed by atoms with Crippen molar-refractivity contribution < 1.29 is 10.0 Å². The first-order valence-corrected chi connectivity index (χ1v) is 6.47. The zero-order valence-electron chi connectivity index (χ0n) is 11.7. The number of aromatic amines is 1. The maximum atomic E-state index is 11.7. The minimum atomic E-state index is -0.566. The highest BCUT2D eigenvalue weighted by atomic mass is 16.6. The van der Waals surface area contributed by atoms with E-state index in [9.17, 15) is 20.0 Å². The highest BCUT2D eigenvalue weighted by Crippen LogP contribution is 2.29. The fourth-order valence-corrected chi connectivity index (χ4v) is 1.99. The molecular weight excluding hydrogens is 276 g/mol. The summed E-state index contributed by atoms with van der Waals surface area (Å²) in [6, 6.07) is 2.31. The molecule has 1 aromatic heterocycles. The Morgan fingerprint density at radius 3 is 2.76 bits per heavy atom. The normalized spacial score (nSPS) is 12.6. The van der Waals surface area contributed by atoms with Gasteiger partial charge in [0.2, 0.25) is 0 Å². The van der Waals surface area contributed by atoms with Crippen molar-refractivity contribution in [1.82, 2.24) is 9.97 Å². The highest BCUT2D eigenvalue weighted by molar-refractivity contribution is 5.86. The monoisotopic (exact) mass is 292 g/mol. The Balaban J connectivity index is 2.58. The van der Waals surface area contributed by atoms with Gasteiger partial charge in [-0.3, -0.25) is 14.9 Å². The van der Waals surface area contributed by atoms with Gasteiger partial charge in [-0.15, -0.1) is 0 Å². The molecule has 1 unspecified atom stereocenters. The van der Waals surface area contributed by atoms with Crippen molar-refractivity contribution in [2.45, 2.75) is 19.9 Å². The topological polar surface area (TPSA) is 121 Å². The lowest BCUT2D eigenvalue weighted by Crippen LogP contribution is -2.29. The van der Waals surface area contributed by atoms with Crippen LogP contribution in [0.5, 0.6) is 0 Å². The van der Waals surface area contributed by atoms with Gasteiger partial charge in [-0.05, 0) is 12.0 Å². The maximum absolute atomic E-state index is 11.7. The molecule has 0 spiro atoms. The van der Waals surface area contributed by atoms with E-state index in [0.717, 1.165) is 0 Å². The van der Waals surface area contributed by atoms with Crippen molar-refractivity contribution in [2.75, 3.05) is 11.9 Å². The van der Waals surface area contributed by atoms with E-state index in [1.165, 1.54) is 18.5 Å². The average molecular weight is 292 g/mol. The molecule has 1 aromatic carbocycles. The minimum absolute atomic E-state index is 0.0810. The molecule has 0 amide bonds. The molecule has 0 bridgehead atoms. The Hall–Kier alpha value is -2.48. The van der Waals surface area contributed by atoms with Crippen LogP contribution in [0.3, 0.4) is 0 Å². The zero-order valence-corrected chi connectivity index (χ0v) is 11.7. The van der Waals surface area contributed by atoms with Crippen molar-refractivity contribution in [2.24, 2.45) is 5.92 Å². The summed E-state index contributed by atoms with van der Waals surface area (Å²) in [7, 11) is 0. The molecule has 21 heavy (non-hydrogen) atoms. The largest absolute Gasteiger partial charge is 0.394 e. The number of rotatable bonds is 5. The standard InChI is InChI=1S/C13H16N4O4/c1-7(2)11(5-18)16-10-4-9-8(3-12(10)17(20)21)13(19)15-6-14-9/h3-4,6-7,11,16,18H,5H2,1-2H3,(H,14,15,19). The van der Waals surface area contributed by atoms with E-state index >= 15 is 0 Å². The molecule has 0 saturated heterocycles. The van der Waals surface area contributed by atoms with Crippen molar-refractivity contribution in [3.05, 3.63) is 38.9 Å². The first kappa shape index (κ1) is 14.9. The van der Waals surface area contributed by atoms with Crippen molar-refractivity contribution >= 4 is 22.3 Å². The molecule has 112 valence electrons. The van der Waals surface area contributed by atoms with Crippen molar-refractivity contribution in [1.29, 1.82) is 0 Å². The summed E-state index contributed by atoms with van der Waals surface area (Å²) in [5.41, 5.74) is -0.0667. The van der Waals surface area contributed by atoms with E-state index in [4.69, 9.17) is 0 Å². The summed E-state index contributed by atoms with van der Waals surface area (Å²) in [4.78, 5) is 28.7. The molecule has 0 saturated carbocycles. The number of aliphatic hydroxyl groups is 1. The number of fused-ring (bicyclic) bond motifs is 1. The summed E-state index contributed by atoms with van der Waals surface area (Å²) in [6.07, 6.45) is 1.24. The van der Waals surface area contributed by atoms with Gasteiger partial charge in [0.05, 0.1) is 34.8 Å². The maximum Gasteiger partial charge on any atom is 0.293 e. The van der Waals surface area contributed by atoms with E-state index in [1.54, 1.807) is 0 Å². The molecule has 0 fully saturated rings. The minimum Gasteiger partial charge on any atom is -0.394 e. The molecule has 0 radical (unpaired) electrons. The quantitative estimate of drug-likeness (QED) is 0.563. The molecule has 0 aliphatic carbocycles. The Kier molecular flexibility index (Phi) is 4.18. The van der Waals surface area contributed by atoms with Gasteiger partial charge in [0.25, 0.3) is 11.2 Å². The van der Waals surface area contributed by atoms with E-state index in [-0.39, 0.29) is 35.3 Å². The van der Waals surface area contributed by atoms with E-state index in [0.29, 0.717) is 5.52 Å². The van der Waals surface area contributed by atoms with E-state index in [2.05, 4.69) is 15.3 Å². The first-order valence-electron chi connectivity index (χ1n) is 6.47. The lowest BCUT2D eigenvalue weighted by Gasteiger charge is -2.21. The lowest BCUT2D eigenvalue weighted by atomic mass is 10.0. The molecular formula is C13H16N4O4. The van der Waals surface area contributed by atoms with E-state index in [1.807, 2.05) is 13.8 Å². The van der Waals surface area contributed by atoms with Gasteiger partial charge < -0.3 is 15.4 Å². The van der Waals surface area contributed by atoms with E-state index < -0.39 is 10.5 Å². The van der Waals surface area contributed by atoms with Crippen LogP contribution in [0.4, 0.5) is 11.4 Å². The molecule has 8 heteroatoms. The first-order chi connectivity index (χ1) is 9.93. The summed E-state index contributed by atoms with van der Waals surface area (Å²) in [5.74, 6) is 0.0810. The van der Waals surface area contributed by atoms with Crippen LogP contribution in [0.15, 0.2) is 23.3 Å². The molecule has 1 atom stereocenters. The van der Waals surface area contributed by atoms with Crippen molar-refractivity contribution in [3.63, 3.8) is 0 Å². The Morgan fingerprint density at radius 1 is 1.48 bits per heavy atom. The smallest absolute Gasteiger partial charge is 0.293 e. The second-order valence-electron chi connectivity index (χ2n) is 5.05. The average Bonchev–Trinajstić information content (AvgIpc) is 2.43. The molecule has 3 N–H and O–H groups in total. The number of aromatic nitrogens is 2. The van der Waals surface area contributed by atoms with Crippen LogP contribution in [0.25, 0.3) is 10.9 Å². The number of hydrogen-bond donors (Lipinski definition) is 3. The Morgan fingerprint density at radius 2 is 2.19 bits per heavy atom. The van der Waals surface area contributed by atoms with Gasteiger partial charge in [0.15, 0.2) is 0 Å². The second kappa shape index (κ2) is 5.88. The molecule has 8 nitrogen and oxygen atoms in total. The highest BCUT2D eigenvalue weighted by Gasteiger charge is 2.21. The third kappa shape index (κ3) is 3.00. The molecule has 1 heterocycles. The van der Waals surface area contributed by atoms with Crippen LogP contribution in [0, 0.1) is 16.0 Å². The molecule has 2 rings (SSSR count). The van der Waals surface area contributed by atoms with Crippen LogP contribution in [0.1, 0.15) is 13.8 Å². The Labute approximate surface area is 120 Å². The predicted molar refractivity (Wildman–Crippen MR) is 78.4 cm³/mol. The number of hydrogen-bond acceptors (Lipinski definition) is 6. The molecule has 0 aliphatic heterocycles. The fourth-order valence-electron chi connectivity index (χ4n) is 1.99. The van der Waals surface area contributed by atoms with Crippen LogP contribution in [0.2, 0.25) is 0 Å². The SMILES string of the molecule is CC(C)C(CO)Nc1cc2nc[nH]c(=O)c2cc1[N+](=O)[O-]. The number of anilines is 1. The molecule has 2 aromatic rings. The van der Waals surface area contributed by atoms with Gasteiger partial charge in [0, 0.05) is 6.07 Å². The zero-order chi connectivity index (χ0) is 15.6. The van der Waals surface area contributed by atoms with Gasteiger partial charge in [-0.2, -0.15) is 0 Å². The number of nitro benzene ring substituents is 1. The number of nitrogens with zero attached hydrogens (tertiary/aromatic N) is 2. The van der Waals surface area contributed by atoms with Crippen LogP contribution < -0.4 is 10.9 Å². The third-order valence-corrected chi connectivity index (χ3v) is 3.30. The summed E-state index contributed by atoms with van der Waals surface area (Å²) < 4.78 is 0. The van der Waals surface area contributed by atoms with Crippen LogP contribution in [-0.4, -0.2) is 32.6 Å². The third-order valence-electron chi connectivity index (χ3n) is 3.30. The number of nitrogens with one attached hydrogen (secondary N) is 2. The van der Waals surface area contributed by atoms with Gasteiger partial charge in [-0.25, -0.2) is 4.98 Å². The summed E-state index contributed by atoms with van der Waals surface area (Å²) >= 11 is 0. The number of benzene rings is 1. The molecule has 0 aliphatic rings. The summed E-state index contributed by atoms with van der Waals surface area (Å²) in [5, 5.41) is 23.6. The lowest BCUT2D eigenvalue weighted by molar-refractivity contribution is -0.383. The predicted octanol–water partition coefficient (Wildman–Crippen LogP) is 1.26. The summed E-state index contributed by atoms with van der Waals surface area (Å²) in [6.45, 7) is 3.63. The van der Waals surface area contributed by atoms with Gasteiger partial charge in [-0.1, -0.05) is 13.8 Å². The van der Waals surface area contributed by atoms with Crippen LogP contribution >= 0.6 is 0 Å². The Bertz CT molecular complexity index is 726. The second-order valence-corrected chi connectivity index (χ2v) is 5.05.